The smallest absolute Gasteiger partial charge is 0.193 e. The molecule has 2 rings (SSSR count). The van der Waals surface area contributed by atoms with Gasteiger partial charge in [0.2, 0.25) is 0 Å². The van der Waals surface area contributed by atoms with E-state index in [1.807, 2.05) is 0 Å². The molecule has 1 N–H and O–H groups in total. The molecule has 5 nitrogen and oxygen atoms in total. The van der Waals surface area contributed by atoms with Gasteiger partial charge in [-0.15, -0.1) is 6.42 Å². The first kappa shape index (κ1) is 17.8. The van der Waals surface area contributed by atoms with Crippen LogP contribution in [0.25, 0.3) is 0 Å². The molecule has 0 spiro atoms. The molecule has 0 fully saturated rings. The molecule has 122 valence electrons. The van der Waals surface area contributed by atoms with Crippen molar-refractivity contribution in [1.29, 1.82) is 0 Å². The zero-order valence-electron chi connectivity index (χ0n) is 11.9. The number of hydrogen-bond donors (Lipinski definition) is 1. The van der Waals surface area contributed by atoms with Gasteiger partial charge in [-0.2, -0.15) is 5.10 Å². The Labute approximate surface area is 146 Å². The summed E-state index contributed by atoms with van der Waals surface area (Å²) in [5, 5.41) is 6.36. The lowest BCUT2D eigenvalue weighted by atomic mass is 10.1. The van der Waals surface area contributed by atoms with Gasteiger partial charge in [0.25, 0.3) is 0 Å². The van der Waals surface area contributed by atoms with Crippen molar-refractivity contribution < 1.29 is 17.5 Å². The van der Waals surface area contributed by atoms with Crippen LogP contribution in [0.2, 0.25) is 5.02 Å². The molecule has 1 heterocycles. The fraction of sp³-hybridized carbons (Fsp3) is 0.214. The van der Waals surface area contributed by atoms with Crippen molar-refractivity contribution in [1.82, 2.24) is 10.2 Å². The number of benzene rings is 1. The maximum absolute atomic E-state index is 14.1. The molecule has 0 bridgehead atoms. The summed E-state index contributed by atoms with van der Waals surface area (Å²) in [7, 11) is -3.47. The number of aromatic nitrogens is 2. The van der Waals surface area contributed by atoms with Crippen molar-refractivity contribution in [2.45, 2.75) is 11.4 Å². The standard InChI is InChI=1S/C14H11BrClFN2O3S/c1-3-4-22-12-6-8(10(17)7-9(12)16)5-11-13(15)14(19-18-11)23(2,20)21/h1,6-7H,4-5H2,2H3,(H,18,19). The second kappa shape index (κ2) is 6.91. The van der Waals surface area contributed by atoms with Crippen LogP contribution in [0.4, 0.5) is 4.39 Å². The summed E-state index contributed by atoms with van der Waals surface area (Å²) in [6.45, 7) is -0.00484. The van der Waals surface area contributed by atoms with Gasteiger partial charge in [-0.3, -0.25) is 5.10 Å². The predicted octanol–water partition coefficient (Wildman–Crippen LogP) is 2.97. The SMILES string of the molecule is C#CCOc1cc(Cc2n[nH]c(S(C)(=O)=O)c2Br)c(F)cc1Cl. The van der Waals surface area contributed by atoms with Gasteiger partial charge in [-0.05, 0) is 33.6 Å². The molecule has 0 saturated heterocycles. The molecule has 0 aliphatic rings. The van der Waals surface area contributed by atoms with Crippen LogP contribution in [-0.4, -0.2) is 31.5 Å². The summed E-state index contributed by atoms with van der Waals surface area (Å²) < 4.78 is 42.7. The number of aromatic amines is 1. The van der Waals surface area contributed by atoms with E-state index in [-0.39, 0.29) is 38.9 Å². The third kappa shape index (κ3) is 4.05. The maximum atomic E-state index is 14.1. The fourth-order valence-electron chi connectivity index (χ4n) is 1.83. The Hall–Kier alpha value is -1.56. The summed E-state index contributed by atoms with van der Waals surface area (Å²) in [5.41, 5.74) is 0.586. The Morgan fingerprint density at radius 1 is 1.52 bits per heavy atom. The van der Waals surface area contributed by atoms with E-state index in [1.165, 1.54) is 6.07 Å². The highest BCUT2D eigenvalue weighted by molar-refractivity contribution is 9.10. The van der Waals surface area contributed by atoms with Crippen molar-refractivity contribution in [3.05, 3.63) is 38.7 Å². The minimum atomic E-state index is -3.47. The summed E-state index contributed by atoms with van der Waals surface area (Å²) >= 11 is 9.06. The molecule has 9 heteroatoms. The summed E-state index contributed by atoms with van der Waals surface area (Å²) in [6.07, 6.45) is 6.20. The first-order valence-electron chi connectivity index (χ1n) is 6.21. The molecule has 0 aliphatic carbocycles. The molecule has 1 aromatic carbocycles. The minimum Gasteiger partial charge on any atom is -0.479 e. The second-order valence-electron chi connectivity index (χ2n) is 4.63. The zero-order chi connectivity index (χ0) is 17.2. The summed E-state index contributed by atoms with van der Waals surface area (Å²) in [5.74, 6) is 1.98. The van der Waals surface area contributed by atoms with Crippen LogP contribution >= 0.6 is 27.5 Å². The van der Waals surface area contributed by atoms with Crippen molar-refractivity contribution in [2.24, 2.45) is 0 Å². The lowest BCUT2D eigenvalue weighted by molar-refractivity contribution is 0.369. The van der Waals surface area contributed by atoms with E-state index >= 15 is 0 Å². The number of H-pyrrole nitrogens is 1. The Balaban J connectivity index is 2.37. The monoisotopic (exact) mass is 420 g/mol. The van der Waals surface area contributed by atoms with Crippen LogP contribution in [0.3, 0.4) is 0 Å². The van der Waals surface area contributed by atoms with Crippen LogP contribution in [0, 0.1) is 18.2 Å². The van der Waals surface area contributed by atoms with Crippen molar-refractivity contribution in [3.8, 4) is 18.1 Å². The highest BCUT2D eigenvalue weighted by atomic mass is 79.9. The molecule has 1 aromatic heterocycles. The maximum Gasteiger partial charge on any atom is 0.193 e. The van der Waals surface area contributed by atoms with Crippen LogP contribution in [0.1, 0.15) is 11.3 Å². The number of nitrogens with zero attached hydrogens (tertiary/aromatic N) is 1. The molecular weight excluding hydrogens is 411 g/mol. The highest BCUT2D eigenvalue weighted by Crippen LogP contribution is 2.31. The van der Waals surface area contributed by atoms with Crippen molar-refractivity contribution in [3.63, 3.8) is 0 Å². The zero-order valence-corrected chi connectivity index (χ0v) is 15.0. The van der Waals surface area contributed by atoms with E-state index < -0.39 is 15.7 Å². The van der Waals surface area contributed by atoms with Crippen LogP contribution < -0.4 is 4.74 Å². The molecule has 0 aliphatic heterocycles. The second-order valence-corrected chi connectivity index (χ2v) is 7.78. The molecule has 0 unspecified atom stereocenters. The number of sulfone groups is 1. The molecule has 0 atom stereocenters. The predicted molar refractivity (Wildman–Crippen MR) is 87.9 cm³/mol. The average molecular weight is 422 g/mol. The number of rotatable bonds is 5. The van der Waals surface area contributed by atoms with Gasteiger partial charge in [-0.1, -0.05) is 17.5 Å². The fourth-order valence-corrected chi connectivity index (χ4v) is 3.89. The normalized spacial score (nSPS) is 11.3. The molecule has 0 saturated carbocycles. The number of hydrogen-bond acceptors (Lipinski definition) is 4. The molecule has 23 heavy (non-hydrogen) atoms. The Kier molecular flexibility index (Phi) is 5.34. The van der Waals surface area contributed by atoms with Gasteiger partial charge in [-0.25, -0.2) is 12.8 Å². The molecule has 0 radical (unpaired) electrons. The van der Waals surface area contributed by atoms with Crippen LogP contribution in [0.15, 0.2) is 21.6 Å². The van der Waals surface area contributed by atoms with Gasteiger partial charge in [0.1, 0.15) is 18.2 Å². The van der Waals surface area contributed by atoms with E-state index in [9.17, 15) is 12.8 Å². The third-order valence-electron chi connectivity index (χ3n) is 2.89. The Bertz CT molecular complexity index is 890. The summed E-state index contributed by atoms with van der Waals surface area (Å²) in [4.78, 5) is 0. The number of nitrogens with one attached hydrogen (secondary N) is 1. The van der Waals surface area contributed by atoms with E-state index in [0.717, 1.165) is 12.3 Å². The topological polar surface area (TPSA) is 72.0 Å². The quantitative estimate of drug-likeness (QED) is 0.754. The summed E-state index contributed by atoms with van der Waals surface area (Å²) in [6, 6.07) is 2.52. The molecule has 0 amide bonds. The lowest BCUT2D eigenvalue weighted by Crippen LogP contribution is -2.00. The number of terminal acetylenes is 1. The van der Waals surface area contributed by atoms with E-state index in [2.05, 4.69) is 32.0 Å². The van der Waals surface area contributed by atoms with Crippen molar-refractivity contribution in [2.75, 3.05) is 12.9 Å². The third-order valence-corrected chi connectivity index (χ3v) is 5.33. The van der Waals surface area contributed by atoms with Gasteiger partial charge in [0, 0.05) is 12.7 Å². The lowest BCUT2D eigenvalue weighted by Gasteiger charge is -2.09. The highest BCUT2D eigenvalue weighted by Gasteiger charge is 2.20. The number of halogens is 3. The van der Waals surface area contributed by atoms with Crippen LogP contribution in [0.5, 0.6) is 5.75 Å². The first-order chi connectivity index (χ1) is 10.7. The van der Waals surface area contributed by atoms with Gasteiger partial charge in [0.15, 0.2) is 14.9 Å². The minimum absolute atomic E-state index is 0.00484. The molecular formula is C14H11BrClFN2O3S. The average Bonchev–Trinajstić information content (AvgIpc) is 2.81. The number of ether oxygens (including phenoxy) is 1. The van der Waals surface area contributed by atoms with Crippen LogP contribution in [-0.2, 0) is 16.3 Å². The first-order valence-corrected chi connectivity index (χ1v) is 9.27. The van der Waals surface area contributed by atoms with Gasteiger partial charge < -0.3 is 4.74 Å². The van der Waals surface area contributed by atoms with E-state index in [1.54, 1.807) is 0 Å². The molecule has 2 aromatic rings. The van der Waals surface area contributed by atoms with E-state index in [0.29, 0.717) is 5.69 Å². The van der Waals surface area contributed by atoms with Gasteiger partial charge >= 0.3 is 0 Å². The largest absolute Gasteiger partial charge is 0.479 e. The Morgan fingerprint density at radius 3 is 2.78 bits per heavy atom. The van der Waals surface area contributed by atoms with Crippen molar-refractivity contribution >= 4 is 37.4 Å². The van der Waals surface area contributed by atoms with E-state index in [4.69, 9.17) is 22.8 Å². The Morgan fingerprint density at radius 2 is 2.22 bits per heavy atom. The van der Waals surface area contributed by atoms with Gasteiger partial charge in [0.05, 0.1) is 15.2 Å².